The third kappa shape index (κ3) is 228. The van der Waals surface area contributed by atoms with Crippen molar-refractivity contribution in [3.8, 4) is 0 Å². The van der Waals surface area contributed by atoms with Crippen LogP contribution >= 0.6 is 0 Å². The third-order valence-electron chi connectivity index (χ3n) is 0. The Morgan fingerprint density at radius 1 is 1.20 bits per heavy atom. The summed E-state index contributed by atoms with van der Waals surface area (Å²) in [5, 5.41) is 0. The van der Waals surface area contributed by atoms with Crippen LogP contribution in [0.4, 0.5) is 0 Å². The van der Waals surface area contributed by atoms with Crippen LogP contribution in [0.2, 0.25) is 17.5 Å². The first kappa shape index (κ1) is 5.32. The second-order valence-corrected chi connectivity index (χ2v) is 6.16. The summed E-state index contributed by atoms with van der Waals surface area (Å²) in [5.74, 6) is 5.27. The summed E-state index contributed by atoms with van der Waals surface area (Å²) in [6.45, 7) is 0. The molecule has 0 rings (SSSR count). The van der Waals surface area contributed by atoms with Crippen molar-refractivity contribution in [3.05, 3.63) is 0 Å². The van der Waals surface area contributed by atoms with Crippen molar-refractivity contribution in [2.45, 2.75) is 17.5 Å². The topological polar surface area (TPSA) is 17.1 Å². The molecule has 0 aliphatic heterocycles. The number of hydrogen-bond acceptors (Lipinski definition) is 1. The SMILES string of the molecule is [CH3][Fe]([CH3])([CH3])=[O]. The van der Waals surface area contributed by atoms with Crippen molar-refractivity contribution < 1.29 is 16.6 Å². The van der Waals surface area contributed by atoms with Crippen molar-refractivity contribution in [3.63, 3.8) is 0 Å². The van der Waals surface area contributed by atoms with E-state index >= 15 is 0 Å². The Morgan fingerprint density at radius 3 is 1.20 bits per heavy atom. The van der Waals surface area contributed by atoms with Crippen LogP contribution in [0.1, 0.15) is 0 Å². The molecule has 2 heteroatoms. The maximum atomic E-state index is 10.2. The van der Waals surface area contributed by atoms with Crippen LogP contribution in [0.3, 0.4) is 0 Å². The van der Waals surface area contributed by atoms with Gasteiger partial charge in [0.1, 0.15) is 0 Å². The monoisotopic (exact) mass is 117 g/mol. The Kier molecular flexibility index (Phi) is 1.27. The Labute approximate surface area is 34.8 Å². The van der Waals surface area contributed by atoms with Gasteiger partial charge in [-0.2, -0.15) is 0 Å². The zero-order valence-corrected chi connectivity index (χ0v) is 4.87. The van der Waals surface area contributed by atoms with E-state index in [9.17, 15) is 3.83 Å². The van der Waals surface area contributed by atoms with E-state index in [0.717, 1.165) is 0 Å². The molecule has 0 saturated carbocycles. The number of hydrogen-bond donors (Lipinski definition) is 0. The van der Waals surface area contributed by atoms with E-state index in [2.05, 4.69) is 0 Å². The molecule has 0 aliphatic carbocycles. The summed E-state index contributed by atoms with van der Waals surface area (Å²) in [5.41, 5.74) is 0. The Hall–Kier alpha value is 0.319. The molecule has 1 nitrogen and oxygen atoms in total. The molecule has 0 bridgehead atoms. The van der Waals surface area contributed by atoms with E-state index in [-0.39, 0.29) is 0 Å². The van der Waals surface area contributed by atoms with Crippen molar-refractivity contribution in [1.82, 2.24) is 0 Å². The molecule has 0 amide bonds. The zero-order valence-electron chi connectivity index (χ0n) is 3.76. The molecule has 0 aromatic heterocycles. The van der Waals surface area contributed by atoms with Gasteiger partial charge in [0.25, 0.3) is 0 Å². The van der Waals surface area contributed by atoms with Gasteiger partial charge in [-0.25, -0.2) is 0 Å². The van der Waals surface area contributed by atoms with Crippen LogP contribution in [-0.2, 0) is 16.6 Å². The molecule has 0 aromatic carbocycles. The molecule has 0 spiro atoms. The van der Waals surface area contributed by atoms with E-state index in [0.29, 0.717) is 0 Å². The fraction of sp³-hybridized carbons (Fsp3) is 1.00. The molecule has 0 aromatic rings. The van der Waals surface area contributed by atoms with Gasteiger partial charge in [-0.3, -0.25) is 0 Å². The van der Waals surface area contributed by atoms with Crippen molar-refractivity contribution in [2.24, 2.45) is 0 Å². The van der Waals surface area contributed by atoms with Crippen LogP contribution in [0.25, 0.3) is 0 Å². The fourth-order valence-corrected chi connectivity index (χ4v) is 0. The second-order valence-electron chi connectivity index (χ2n) is 1.49. The zero-order chi connectivity index (χ0) is 4.50. The third-order valence-corrected chi connectivity index (χ3v) is 0. The van der Waals surface area contributed by atoms with Crippen LogP contribution in [-0.4, -0.2) is 0 Å². The van der Waals surface area contributed by atoms with E-state index in [4.69, 9.17) is 0 Å². The van der Waals surface area contributed by atoms with Crippen LogP contribution in [0.5, 0.6) is 0 Å². The molecule has 0 unspecified atom stereocenters. The molecular formula is C3H9FeO. The normalized spacial score (nSPS) is 15.0. The quantitative estimate of drug-likeness (QED) is 0.440. The summed E-state index contributed by atoms with van der Waals surface area (Å²) in [4.78, 5) is 0. The minimum atomic E-state index is -1.75. The number of rotatable bonds is 0. The molecule has 35 valence electrons. The van der Waals surface area contributed by atoms with Gasteiger partial charge in [-0.1, -0.05) is 0 Å². The van der Waals surface area contributed by atoms with Gasteiger partial charge in [0.2, 0.25) is 0 Å². The first-order valence-corrected chi connectivity index (χ1v) is 4.97. The first-order chi connectivity index (χ1) is 2.00. The summed E-state index contributed by atoms with van der Waals surface area (Å²) in [6.07, 6.45) is 0. The van der Waals surface area contributed by atoms with E-state index in [1.807, 2.05) is 0 Å². The van der Waals surface area contributed by atoms with Crippen molar-refractivity contribution >= 4 is 0 Å². The van der Waals surface area contributed by atoms with Gasteiger partial charge in [0, 0.05) is 0 Å². The molecule has 0 aliphatic rings. The average Bonchev–Trinajstić information content (AvgIpc) is 0.722. The van der Waals surface area contributed by atoms with Gasteiger partial charge in [-0.15, -0.1) is 0 Å². The standard InChI is InChI=1S/3CH3.Fe.O/h3*1H3;;. The molecule has 0 N–H and O–H groups in total. The Bertz CT molecular complexity index is 53.0. The molecule has 0 atom stereocenters. The van der Waals surface area contributed by atoms with Crippen LogP contribution in [0, 0.1) is 0 Å². The van der Waals surface area contributed by atoms with Crippen molar-refractivity contribution in [1.29, 1.82) is 0 Å². The molecule has 0 heterocycles. The predicted octanol–water partition coefficient (Wildman–Crippen LogP) is 1.63. The molecule has 0 saturated heterocycles. The van der Waals surface area contributed by atoms with Gasteiger partial charge >= 0.3 is 34.1 Å². The van der Waals surface area contributed by atoms with Gasteiger partial charge in [0.15, 0.2) is 0 Å². The van der Waals surface area contributed by atoms with E-state index in [1.165, 1.54) is 0 Å². The average molecular weight is 117 g/mol. The van der Waals surface area contributed by atoms with Gasteiger partial charge in [0.05, 0.1) is 0 Å². The summed E-state index contributed by atoms with van der Waals surface area (Å²) in [6, 6.07) is 0. The molecular weight excluding hydrogens is 108 g/mol. The van der Waals surface area contributed by atoms with Crippen LogP contribution < -0.4 is 0 Å². The van der Waals surface area contributed by atoms with Crippen molar-refractivity contribution in [2.75, 3.05) is 0 Å². The Balaban J connectivity index is 3.47. The van der Waals surface area contributed by atoms with Gasteiger partial charge < -0.3 is 0 Å². The van der Waals surface area contributed by atoms with Crippen LogP contribution in [0.15, 0.2) is 0 Å². The second kappa shape index (κ2) is 1.19. The fourth-order valence-electron chi connectivity index (χ4n) is 0. The molecule has 0 radical (unpaired) electrons. The Morgan fingerprint density at radius 2 is 1.20 bits per heavy atom. The van der Waals surface area contributed by atoms with Gasteiger partial charge in [-0.05, 0) is 0 Å². The first-order valence-electron chi connectivity index (χ1n) is 1.20. The summed E-state index contributed by atoms with van der Waals surface area (Å²) < 4.78 is 10.2. The maximum absolute atomic E-state index is 10.2. The van der Waals surface area contributed by atoms with E-state index < -0.39 is 12.8 Å². The van der Waals surface area contributed by atoms with E-state index in [1.54, 1.807) is 17.5 Å². The predicted molar refractivity (Wildman–Crippen MR) is 18.3 cm³/mol. The molecule has 0 fully saturated rings. The summed E-state index contributed by atoms with van der Waals surface area (Å²) in [7, 11) is 0. The minimum absolute atomic E-state index is 1.75. The molecule has 5 heavy (non-hydrogen) atoms. The summed E-state index contributed by atoms with van der Waals surface area (Å²) >= 11 is -1.75.